The summed E-state index contributed by atoms with van der Waals surface area (Å²) in [6.07, 6.45) is 0. The molecule has 0 spiro atoms. The highest BCUT2D eigenvalue weighted by atomic mass is 32.2. The minimum Gasteiger partial charge on any atom is -0.340 e. The van der Waals surface area contributed by atoms with Crippen molar-refractivity contribution in [1.29, 1.82) is 0 Å². The molecule has 3 rings (SSSR count). The van der Waals surface area contributed by atoms with Crippen LogP contribution in [0.3, 0.4) is 0 Å². The lowest BCUT2D eigenvalue weighted by molar-refractivity contribution is -0.883. The molecule has 0 radical (unpaired) electrons. The number of hydrogen-bond donors (Lipinski definition) is 2. The van der Waals surface area contributed by atoms with Crippen LogP contribution in [0.5, 0.6) is 0 Å². The Bertz CT molecular complexity index is 830. The van der Waals surface area contributed by atoms with E-state index in [4.69, 9.17) is 4.99 Å². The fourth-order valence-corrected chi connectivity index (χ4v) is 3.94. The van der Waals surface area contributed by atoms with Crippen LogP contribution in [0, 0.1) is 13.8 Å². The second-order valence-corrected chi connectivity index (χ2v) is 8.27. The molecule has 1 aliphatic heterocycles. The smallest absolute Gasteiger partial charge is 0.234 e. The van der Waals surface area contributed by atoms with Crippen molar-refractivity contribution in [3.05, 3.63) is 59.7 Å². The van der Waals surface area contributed by atoms with Gasteiger partial charge < -0.3 is 15.1 Å². The molecule has 1 fully saturated rings. The normalized spacial score (nSPS) is 15.5. The van der Waals surface area contributed by atoms with Crippen LogP contribution in [0.25, 0.3) is 0 Å². The molecular weight excluding hydrogens is 368 g/mol. The average Bonchev–Trinajstić information content (AvgIpc) is 2.69. The summed E-state index contributed by atoms with van der Waals surface area (Å²) in [5, 5.41) is 3.97. The number of thioether (sulfide) groups is 1. The summed E-state index contributed by atoms with van der Waals surface area (Å²) in [6.45, 7) is 8.14. The molecular formula is C22H29N4OS+. The van der Waals surface area contributed by atoms with Gasteiger partial charge in [0.2, 0.25) is 5.91 Å². The Labute approximate surface area is 171 Å². The van der Waals surface area contributed by atoms with Gasteiger partial charge in [0.25, 0.3) is 0 Å². The van der Waals surface area contributed by atoms with Crippen LogP contribution in [0.4, 0.5) is 11.4 Å². The Balaban J connectivity index is 1.68. The number of amidine groups is 1. The van der Waals surface area contributed by atoms with Crippen molar-refractivity contribution in [3.8, 4) is 0 Å². The third-order valence-corrected chi connectivity index (χ3v) is 5.88. The molecule has 1 amide bonds. The van der Waals surface area contributed by atoms with Gasteiger partial charge in [-0.3, -0.25) is 4.79 Å². The Kier molecular flexibility index (Phi) is 7.12. The highest BCUT2D eigenvalue weighted by Gasteiger charge is 2.21. The molecule has 0 unspecified atom stereocenters. The number of piperazine rings is 1. The molecule has 1 heterocycles. The number of rotatable bonds is 4. The van der Waals surface area contributed by atoms with Crippen molar-refractivity contribution < 1.29 is 9.69 Å². The van der Waals surface area contributed by atoms with Crippen LogP contribution in [-0.2, 0) is 4.79 Å². The van der Waals surface area contributed by atoms with E-state index < -0.39 is 0 Å². The lowest BCUT2D eigenvalue weighted by Gasteiger charge is -2.32. The minimum absolute atomic E-state index is 0.000728. The number of nitrogens with one attached hydrogen (secondary N) is 2. The molecule has 6 heteroatoms. The first kappa shape index (κ1) is 20.4. The van der Waals surface area contributed by atoms with Crippen LogP contribution < -0.4 is 10.2 Å². The lowest BCUT2D eigenvalue weighted by Crippen LogP contribution is -3.12. The molecule has 148 valence electrons. The number of aliphatic imine (C=N–C) groups is 1. The van der Waals surface area contributed by atoms with E-state index in [1.165, 1.54) is 16.7 Å². The summed E-state index contributed by atoms with van der Waals surface area (Å²) in [4.78, 5) is 21.2. The quantitative estimate of drug-likeness (QED) is 0.616. The van der Waals surface area contributed by atoms with Crippen molar-refractivity contribution in [2.75, 3.05) is 44.3 Å². The second-order valence-electron chi connectivity index (χ2n) is 7.33. The van der Waals surface area contributed by atoms with E-state index in [1.54, 1.807) is 0 Å². The highest BCUT2D eigenvalue weighted by Crippen LogP contribution is 2.20. The summed E-state index contributed by atoms with van der Waals surface area (Å²) < 4.78 is 0. The molecule has 28 heavy (non-hydrogen) atoms. The van der Waals surface area contributed by atoms with Crippen molar-refractivity contribution in [1.82, 2.24) is 4.90 Å². The third-order valence-electron chi connectivity index (χ3n) is 4.87. The van der Waals surface area contributed by atoms with Crippen molar-refractivity contribution in [3.63, 3.8) is 0 Å². The molecule has 1 aliphatic rings. The summed E-state index contributed by atoms with van der Waals surface area (Å²) in [7, 11) is 2.22. The van der Waals surface area contributed by atoms with Gasteiger partial charge in [-0.1, -0.05) is 42.1 Å². The van der Waals surface area contributed by atoms with Crippen molar-refractivity contribution in [2.45, 2.75) is 13.8 Å². The van der Waals surface area contributed by atoms with E-state index in [-0.39, 0.29) is 5.91 Å². The van der Waals surface area contributed by atoms with Crippen LogP contribution in [0.1, 0.15) is 11.1 Å². The number of amides is 1. The number of benzene rings is 2. The van der Waals surface area contributed by atoms with Crippen LogP contribution >= 0.6 is 11.8 Å². The van der Waals surface area contributed by atoms with E-state index in [2.05, 4.69) is 23.3 Å². The zero-order valence-electron chi connectivity index (χ0n) is 16.9. The fourth-order valence-electron chi connectivity index (χ4n) is 3.07. The van der Waals surface area contributed by atoms with Gasteiger partial charge >= 0.3 is 0 Å². The SMILES string of the molecule is Cc1ccc(C)c(NC(=O)CSC(=Nc2ccccc2)N2CC[NH+](C)CC2)c1. The molecule has 0 bridgehead atoms. The number of carbonyl (C=O) groups excluding carboxylic acids is 1. The highest BCUT2D eigenvalue weighted by molar-refractivity contribution is 8.14. The predicted molar refractivity (Wildman–Crippen MR) is 119 cm³/mol. The summed E-state index contributed by atoms with van der Waals surface area (Å²) >= 11 is 1.52. The number of nitrogens with zero attached hydrogens (tertiary/aromatic N) is 2. The van der Waals surface area contributed by atoms with Gasteiger partial charge in [-0.05, 0) is 43.2 Å². The summed E-state index contributed by atoms with van der Waals surface area (Å²) in [6, 6.07) is 16.1. The number of likely N-dealkylation sites (N-methyl/N-ethyl adjacent to an activating group) is 1. The first-order valence-electron chi connectivity index (χ1n) is 9.71. The summed E-state index contributed by atoms with van der Waals surface area (Å²) in [5.41, 5.74) is 4.02. The van der Waals surface area contributed by atoms with E-state index in [0.29, 0.717) is 5.75 Å². The number of anilines is 1. The molecule has 2 N–H and O–H groups in total. The largest absolute Gasteiger partial charge is 0.340 e. The fraction of sp³-hybridized carbons (Fsp3) is 0.364. The number of quaternary nitrogens is 1. The maximum Gasteiger partial charge on any atom is 0.234 e. The van der Waals surface area contributed by atoms with Gasteiger partial charge in [0.15, 0.2) is 5.17 Å². The van der Waals surface area contributed by atoms with Crippen LogP contribution in [0.15, 0.2) is 53.5 Å². The molecule has 0 aromatic heterocycles. The molecule has 0 aliphatic carbocycles. The summed E-state index contributed by atoms with van der Waals surface area (Å²) in [5.74, 6) is 0.345. The maximum atomic E-state index is 12.6. The Hall–Kier alpha value is -2.31. The van der Waals surface area contributed by atoms with Gasteiger partial charge in [-0.15, -0.1) is 0 Å². The van der Waals surface area contributed by atoms with Gasteiger partial charge in [0.05, 0.1) is 44.7 Å². The van der Waals surface area contributed by atoms with Gasteiger partial charge in [0, 0.05) is 5.69 Å². The van der Waals surface area contributed by atoms with Gasteiger partial charge in [0.1, 0.15) is 0 Å². The third kappa shape index (κ3) is 5.84. The molecule has 5 nitrogen and oxygen atoms in total. The average molecular weight is 398 g/mol. The predicted octanol–water partition coefficient (Wildman–Crippen LogP) is 2.49. The number of aryl methyl sites for hydroxylation is 2. The van der Waals surface area contributed by atoms with E-state index in [9.17, 15) is 4.79 Å². The zero-order valence-corrected chi connectivity index (χ0v) is 17.7. The van der Waals surface area contributed by atoms with Gasteiger partial charge in [-0.2, -0.15) is 0 Å². The van der Waals surface area contributed by atoms with E-state index >= 15 is 0 Å². The zero-order chi connectivity index (χ0) is 19.9. The molecule has 1 saturated heterocycles. The first-order chi connectivity index (χ1) is 13.5. The van der Waals surface area contributed by atoms with Crippen LogP contribution in [0.2, 0.25) is 0 Å². The molecule has 0 atom stereocenters. The molecule has 2 aromatic rings. The Morgan fingerprint density at radius 3 is 2.57 bits per heavy atom. The van der Waals surface area contributed by atoms with Crippen molar-refractivity contribution >= 4 is 34.2 Å². The molecule has 2 aromatic carbocycles. The Morgan fingerprint density at radius 2 is 1.86 bits per heavy atom. The number of para-hydroxylation sites is 1. The second kappa shape index (κ2) is 9.75. The van der Waals surface area contributed by atoms with E-state index in [0.717, 1.165) is 53.8 Å². The standard InChI is InChI=1S/C22H28N4OS/c1-17-9-10-18(2)20(15-17)24-21(27)16-28-22(23-19-7-5-4-6-8-19)26-13-11-25(3)12-14-26/h4-10,15H,11-14,16H2,1-3H3,(H,24,27)/p+1. The monoisotopic (exact) mass is 397 g/mol. The number of hydrogen-bond acceptors (Lipinski definition) is 3. The van der Waals surface area contributed by atoms with E-state index in [1.807, 2.05) is 56.3 Å². The topological polar surface area (TPSA) is 49.1 Å². The first-order valence-corrected chi connectivity index (χ1v) is 10.7. The minimum atomic E-state index is -0.000728. The maximum absolute atomic E-state index is 12.6. The molecule has 0 saturated carbocycles. The Morgan fingerprint density at radius 1 is 1.14 bits per heavy atom. The van der Waals surface area contributed by atoms with Crippen molar-refractivity contribution in [2.24, 2.45) is 4.99 Å². The number of carbonyl (C=O) groups is 1. The van der Waals surface area contributed by atoms with Gasteiger partial charge in [-0.25, -0.2) is 4.99 Å². The van der Waals surface area contributed by atoms with Crippen LogP contribution in [-0.4, -0.2) is 55.0 Å². The lowest BCUT2D eigenvalue weighted by atomic mass is 10.1.